The quantitative estimate of drug-likeness (QED) is 0.766. The van der Waals surface area contributed by atoms with Crippen molar-refractivity contribution in [3.63, 3.8) is 0 Å². The summed E-state index contributed by atoms with van der Waals surface area (Å²) < 4.78 is 6.18. The van der Waals surface area contributed by atoms with Crippen LogP contribution in [0.25, 0.3) is 10.2 Å². The molecule has 0 saturated carbocycles. The van der Waals surface area contributed by atoms with Gasteiger partial charge in [0.1, 0.15) is 11.3 Å². The number of nitrogens with one attached hydrogen (secondary N) is 2. The lowest BCUT2D eigenvalue weighted by Gasteiger charge is -2.04. The summed E-state index contributed by atoms with van der Waals surface area (Å²) in [7, 11) is 1.58. The second-order valence-electron chi connectivity index (χ2n) is 4.59. The van der Waals surface area contributed by atoms with Crippen molar-refractivity contribution in [3.05, 3.63) is 48.0 Å². The SMILES string of the molecule is COc1cccc2sc(NC(=O)Nc3ccc(C#N)cc3)nc12. The Labute approximate surface area is 136 Å². The lowest BCUT2D eigenvalue weighted by atomic mass is 10.2. The molecule has 3 rings (SSSR count). The Morgan fingerprint density at radius 3 is 2.70 bits per heavy atom. The van der Waals surface area contributed by atoms with Crippen molar-refractivity contribution in [2.24, 2.45) is 0 Å². The molecule has 0 aliphatic carbocycles. The molecule has 1 aromatic heterocycles. The van der Waals surface area contributed by atoms with Crippen molar-refractivity contribution >= 4 is 38.4 Å². The van der Waals surface area contributed by atoms with Crippen LogP contribution in [-0.4, -0.2) is 18.1 Å². The number of aromatic nitrogens is 1. The predicted molar refractivity (Wildman–Crippen MR) is 90.0 cm³/mol. The molecule has 0 spiro atoms. The number of para-hydroxylation sites is 1. The maximum Gasteiger partial charge on any atom is 0.325 e. The van der Waals surface area contributed by atoms with Gasteiger partial charge in [-0.15, -0.1) is 0 Å². The molecule has 1 heterocycles. The fraction of sp³-hybridized carbons (Fsp3) is 0.0625. The number of thiazole rings is 1. The van der Waals surface area contributed by atoms with E-state index in [-0.39, 0.29) is 0 Å². The molecule has 2 aromatic carbocycles. The van der Waals surface area contributed by atoms with E-state index in [2.05, 4.69) is 15.6 Å². The van der Waals surface area contributed by atoms with Gasteiger partial charge in [-0.25, -0.2) is 9.78 Å². The number of hydrogen-bond donors (Lipinski definition) is 2. The van der Waals surface area contributed by atoms with Gasteiger partial charge in [-0.1, -0.05) is 17.4 Å². The van der Waals surface area contributed by atoms with Gasteiger partial charge in [-0.2, -0.15) is 5.26 Å². The van der Waals surface area contributed by atoms with Crippen LogP contribution in [0.5, 0.6) is 5.75 Å². The first kappa shape index (κ1) is 14.8. The van der Waals surface area contributed by atoms with E-state index in [1.807, 2.05) is 24.3 Å². The molecular formula is C16H12N4O2S. The Bertz CT molecular complexity index is 897. The van der Waals surface area contributed by atoms with Crippen LogP contribution in [0.4, 0.5) is 15.6 Å². The van der Waals surface area contributed by atoms with E-state index < -0.39 is 6.03 Å². The molecule has 23 heavy (non-hydrogen) atoms. The van der Waals surface area contributed by atoms with Crippen LogP contribution >= 0.6 is 11.3 Å². The number of methoxy groups -OCH3 is 1. The van der Waals surface area contributed by atoms with E-state index in [0.29, 0.717) is 27.6 Å². The summed E-state index contributed by atoms with van der Waals surface area (Å²) in [6, 6.07) is 13.8. The van der Waals surface area contributed by atoms with E-state index in [4.69, 9.17) is 10.00 Å². The zero-order chi connectivity index (χ0) is 16.2. The van der Waals surface area contributed by atoms with Crippen LogP contribution in [0.3, 0.4) is 0 Å². The van der Waals surface area contributed by atoms with Crippen LogP contribution in [0, 0.1) is 11.3 Å². The summed E-state index contributed by atoms with van der Waals surface area (Å²) in [6.45, 7) is 0. The third-order valence-electron chi connectivity index (χ3n) is 3.09. The molecule has 2 amide bonds. The number of urea groups is 1. The maximum absolute atomic E-state index is 12.0. The van der Waals surface area contributed by atoms with Crippen molar-refractivity contribution in [2.75, 3.05) is 17.7 Å². The highest BCUT2D eigenvalue weighted by atomic mass is 32.1. The highest BCUT2D eigenvalue weighted by Gasteiger charge is 2.11. The minimum absolute atomic E-state index is 0.396. The Morgan fingerprint density at radius 1 is 1.22 bits per heavy atom. The first-order valence-electron chi connectivity index (χ1n) is 6.71. The number of nitrogens with zero attached hydrogens (tertiary/aromatic N) is 2. The number of benzene rings is 2. The van der Waals surface area contributed by atoms with Gasteiger partial charge < -0.3 is 10.1 Å². The van der Waals surface area contributed by atoms with E-state index >= 15 is 0 Å². The Morgan fingerprint density at radius 2 is 2.00 bits per heavy atom. The van der Waals surface area contributed by atoms with Crippen molar-refractivity contribution < 1.29 is 9.53 Å². The van der Waals surface area contributed by atoms with Gasteiger partial charge in [-0.05, 0) is 36.4 Å². The Balaban J connectivity index is 1.73. The molecule has 0 unspecified atom stereocenters. The van der Waals surface area contributed by atoms with Gasteiger partial charge in [-0.3, -0.25) is 5.32 Å². The second-order valence-corrected chi connectivity index (χ2v) is 5.62. The fourth-order valence-electron chi connectivity index (χ4n) is 2.03. The number of anilines is 2. The Hall–Kier alpha value is -3.11. The standard InChI is InChI=1S/C16H12N4O2S/c1-22-12-3-2-4-13-14(12)19-16(23-13)20-15(21)18-11-7-5-10(9-17)6-8-11/h2-8H,1H3,(H2,18,19,20,21). The zero-order valence-electron chi connectivity index (χ0n) is 12.2. The molecule has 3 aromatic rings. The number of nitriles is 1. The highest BCUT2D eigenvalue weighted by molar-refractivity contribution is 7.22. The topological polar surface area (TPSA) is 87.0 Å². The molecule has 0 atom stereocenters. The van der Waals surface area contributed by atoms with Gasteiger partial charge in [0.25, 0.3) is 0 Å². The number of amides is 2. The van der Waals surface area contributed by atoms with Gasteiger partial charge in [0, 0.05) is 5.69 Å². The van der Waals surface area contributed by atoms with Crippen molar-refractivity contribution in [1.29, 1.82) is 5.26 Å². The zero-order valence-corrected chi connectivity index (χ0v) is 13.0. The van der Waals surface area contributed by atoms with Crippen LogP contribution in [0.15, 0.2) is 42.5 Å². The highest BCUT2D eigenvalue weighted by Crippen LogP contribution is 2.32. The van der Waals surface area contributed by atoms with E-state index in [9.17, 15) is 4.79 Å². The summed E-state index contributed by atoms with van der Waals surface area (Å²) >= 11 is 1.37. The lowest BCUT2D eigenvalue weighted by molar-refractivity contribution is 0.262. The maximum atomic E-state index is 12.0. The minimum atomic E-state index is -0.396. The molecule has 6 nitrogen and oxygen atoms in total. The van der Waals surface area contributed by atoms with E-state index in [0.717, 1.165) is 4.70 Å². The van der Waals surface area contributed by atoms with Crippen molar-refractivity contribution in [3.8, 4) is 11.8 Å². The Kier molecular flexibility index (Phi) is 4.08. The third kappa shape index (κ3) is 3.22. The van der Waals surface area contributed by atoms with Crippen LogP contribution in [-0.2, 0) is 0 Å². The average molecular weight is 324 g/mol. The molecule has 0 fully saturated rings. The fourth-order valence-corrected chi connectivity index (χ4v) is 2.91. The summed E-state index contributed by atoms with van der Waals surface area (Å²) in [6.07, 6.45) is 0. The number of fused-ring (bicyclic) bond motifs is 1. The van der Waals surface area contributed by atoms with Gasteiger partial charge in [0.15, 0.2) is 5.13 Å². The van der Waals surface area contributed by atoms with Gasteiger partial charge in [0.05, 0.1) is 23.4 Å². The predicted octanol–water partition coefficient (Wildman–Crippen LogP) is 3.82. The third-order valence-corrected chi connectivity index (χ3v) is 4.03. The van der Waals surface area contributed by atoms with Crippen LogP contribution < -0.4 is 15.4 Å². The number of rotatable bonds is 3. The first-order valence-corrected chi connectivity index (χ1v) is 7.53. The summed E-state index contributed by atoms with van der Waals surface area (Å²) in [5.74, 6) is 0.666. The van der Waals surface area contributed by atoms with Crippen LogP contribution in [0.2, 0.25) is 0 Å². The lowest BCUT2D eigenvalue weighted by Crippen LogP contribution is -2.19. The van der Waals surface area contributed by atoms with E-state index in [1.54, 1.807) is 31.4 Å². The molecular weight excluding hydrogens is 312 g/mol. The number of carbonyl (C=O) groups is 1. The number of carbonyl (C=O) groups excluding carboxylic acids is 1. The number of ether oxygens (including phenoxy) is 1. The summed E-state index contributed by atoms with van der Waals surface area (Å²) in [5, 5.41) is 14.6. The van der Waals surface area contributed by atoms with Gasteiger partial charge in [0.2, 0.25) is 0 Å². The molecule has 2 N–H and O–H groups in total. The molecule has 0 aliphatic rings. The minimum Gasteiger partial charge on any atom is -0.494 e. The monoisotopic (exact) mass is 324 g/mol. The van der Waals surface area contributed by atoms with Gasteiger partial charge >= 0.3 is 6.03 Å². The first-order chi connectivity index (χ1) is 11.2. The number of hydrogen-bond acceptors (Lipinski definition) is 5. The van der Waals surface area contributed by atoms with Crippen molar-refractivity contribution in [2.45, 2.75) is 0 Å². The van der Waals surface area contributed by atoms with Crippen molar-refractivity contribution in [1.82, 2.24) is 4.98 Å². The normalized spacial score (nSPS) is 10.1. The van der Waals surface area contributed by atoms with E-state index in [1.165, 1.54) is 11.3 Å². The largest absolute Gasteiger partial charge is 0.494 e. The molecule has 0 bridgehead atoms. The smallest absolute Gasteiger partial charge is 0.325 e. The molecule has 0 aliphatic heterocycles. The van der Waals surface area contributed by atoms with Crippen LogP contribution in [0.1, 0.15) is 5.56 Å². The molecule has 0 saturated heterocycles. The average Bonchev–Trinajstić information content (AvgIpc) is 2.97. The summed E-state index contributed by atoms with van der Waals surface area (Å²) in [4.78, 5) is 16.4. The molecule has 114 valence electrons. The second kappa shape index (κ2) is 6.34. The molecule has 0 radical (unpaired) electrons. The molecule has 7 heteroatoms. The summed E-state index contributed by atoms with van der Waals surface area (Å²) in [5.41, 5.74) is 1.85.